The van der Waals surface area contributed by atoms with Crippen molar-refractivity contribution < 1.29 is 18.0 Å². The topological polar surface area (TPSA) is 83.6 Å². The highest BCUT2D eigenvalue weighted by Crippen LogP contribution is 2.11. The molecular formula is C12H22N2O4S. The molecule has 0 radical (unpaired) electrons. The SMILES string of the molecule is CCCN(CCC(=O)NC1CCS(=O)(=O)C1)C(C)=O. The minimum absolute atomic E-state index is 0.0319. The summed E-state index contributed by atoms with van der Waals surface area (Å²) in [6.07, 6.45) is 1.55. The van der Waals surface area contributed by atoms with Crippen LogP contribution in [0.2, 0.25) is 0 Å². The third kappa shape index (κ3) is 5.59. The zero-order valence-corrected chi connectivity index (χ0v) is 12.3. The van der Waals surface area contributed by atoms with Gasteiger partial charge in [-0.15, -0.1) is 0 Å². The van der Waals surface area contributed by atoms with E-state index in [0.717, 1.165) is 6.42 Å². The van der Waals surface area contributed by atoms with Gasteiger partial charge < -0.3 is 10.2 Å². The van der Waals surface area contributed by atoms with Crippen molar-refractivity contribution in [3.63, 3.8) is 0 Å². The molecule has 1 N–H and O–H groups in total. The van der Waals surface area contributed by atoms with E-state index in [4.69, 9.17) is 0 Å². The molecule has 1 rings (SSSR count). The zero-order valence-electron chi connectivity index (χ0n) is 11.5. The monoisotopic (exact) mass is 290 g/mol. The Kier molecular flexibility index (Phi) is 5.78. The van der Waals surface area contributed by atoms with E-state index in [1.165, 1.54) is 6.92 Å². The van der Waals surface area contributed by atoms with Gasteiger partial charge in [0.25, 0.3) is 0 Å². The van der Waals surface area contributed by atoms with Crippen LogP contribution in [0.3, 0.4) is 0 Å². The van der Waals surface area contributed by atoms with Gasteiger partial charge in [0.15, 0.2) is 9.84 Å². The van der Waals surface area contributed by atoms with Crippen LogP contribution in [0.4, 0.5) is 0 Å². The molecule has 0 aromatic heterocycles. The predicted molar refractivity (Wildman–Crippen MR) is 72.4 cm³/mol. The number of amides is 2. The van der Waals surface area contributed by atoms with Gasteiger partial charge in [0.2, 0.25) is 11.8 Å². The number of sulfone groups is 1. The molecule has 0 saturated carbocycles. The van der Waals surface area contributed by atoms with Gasteiger partial charge in [0.05, 0.1) is 11.5 Å². The van der Waals surface area contributed by atoms with E-state index >= 15 is 0 Å². The Morgan fingerprint density at radius 3 is 2.47 bits per heavy atom. The van der Waals surface area contributed by atoms with Crippen molar-refractivity contribution in [1.29, 1.82) is 0 Å². The van der Waals surface area contributed by atoms with Gasteiger partial charge in [0, 0.05) is 32.5 Å². The van der Waals surface area contributed by atoms with E-state index in [-0.39, 0.29) is 35.8 Å². The van der Waals surface area contributed by atoms with Gasteiger partial charge in [-0.3, -0.25) is 9.59 Å². The van der Waals surface area contributed by atoms with Crippen molar-refractivity contribution in [3.8, 4) is 0 Å². The van der Waals surface area contributed by atoms with Crippen molar-refractivity contribution in [2.75, 3.05) is 24.6 Å². The number of nitrogens with zero attached hydrogens (tertiary/aromatic N) is 1. The summed E-state index contributed by atoms with van der Waals surface area (Å²) in [6, 6.07) is -0.269. The molecule has 1 saturated heterocycles. The molecule has 1 atom stereocenters. The lowest BCUT2D eigenvalue weighted by Gasteiger charge is -2.20. The average Bonchev–Trinajstić information content (AvgIpc) is 2.63. The molecule has 7 heteroatoms. The van der Waals surface area contributed by atoms with E-state index in [0.29, 0.717) is 19.5 Å². The average molecular weight is 290 g/mol. The van der Waals surface area contributed by atoms with Crippen LogP contribution < -0.4 is 5.32 Å². The number of hydrogen-bond donors (Lipinski definition) is 1. The maximum Gasteiger partial charge on any atom is 0.222 e. The molecule has 1 fully saturated rings. The Balaban J connectivity index is 2.33. The number of nitrogens with one attached hydrogen (secondary N) is 1. The molecule has 1 heterocycles. The smallest absolute Gasteiger partial charge is 0.222 e. The maximum atomic E-state index is 11.7. The van der Waals surface area contributed by atoms with Crippen molar-refractivity contribution >= 4 is 21.7 Å². The molecule has 0 aliphatic carbocycles. The van der Waals surface area contributed by atoms with Crippen molar-refractivity contribution in [2.45, 2.75) is 39.2 Å². The normalized spacial score (nSPS) is 21.1. The first-order valence-corrected chi connectivity index (χ1v) is 8.41. The first kappa shape index (κ1) is 15.9. The second-order valence-corrected chi connectivity index (χ2v) is 7.15. The molecule has 0 spiro atoms. The number of carbonyl (C=O) groups is 2. The van der Waals surface area contributed by atoms with Gasteiger partial charge in [-0.25, -0.2) is 8.42 Å². The van der Waals surface area contributed by atoms with Gasteiger partial charge in [-0.1, -0.05) is 6.92 Å². The third-order valence-corrected chi connectivity index (χ3v) is 4.91. The fraction of sp³-hybridized carbons (Fsp3) is 0.833. The Morgan fingerprint density at radius 2 is 2.00 bits per heavy atom. The molecule has 2 amide bonds. The summed E-state index contributed by atoms with van der Waals surface area (Å²) >= 11 is 0. The highest BCUT2D eigenvalue weighted by atomic mass is 32.2. The lowest BCUT2D eigenvalue weighted by Crippen LogP contribution is -2.39. The molecule has 0 aromatic rings. The highest BCUT2D eigenvalue weighted by molar-refractivity contribution is 7.91. The summed E-state index contributed by atoms with van der Waals surface area (Å²) in [5.41, 5.74) is 0. The zero-order chi connectivity index (χ0) is 14.5. The number of rotatable bonds is 6. The Bertz CT molecular complexity index is 433. The van der Waals surface area contributed by atoms with Gasteiger partial charge in [0.1, 0.15) is 0 Å². The first-order valence-electron chi connectivity index (χ1n) is 6.59. The molecule has 1 aliphatic rings. The predicted octanol–water partition coefficient (Wildman–Crippen LogP) is -0.0617. The van der Waals surface area contributed by atoms with Gasteiger partial charge in [-0.2, -0.15) is 0 Å². The second kappa shape index (κ2) is 6.88. The van der Waals surface area contributed by atoms with Crippen LogP contribution in [-0.4, -0.2) is 55.8 Å². The molecule has 110 valence electrons. The van der Waals surface area contributed by atoms with E-state index < -0.39 is 9.84 Å². The first-order chi connectivity index (χ1) is 8.84. The molecule has 6 nitrogen and oxygen atoms in total. The summed E-state index contributed by atoms with van der Waals surface area (Å²) < 4.78 is 22.5. The summed E-state index contributed by atoms with van der Waals surface area (Å²) in [5.74, 6) is -0.0557. The number of hydrogen-bond acceptors (Lipinski definition) is 4. The molecule has 0 aromatic carbocycles. The van der Waals surface area contributed by atoms with Crippen molar-refractivity contribution in [3.05, 3.63) is 0 Å². The maximum absolute atomic E-state index is 11.7. The molecule has 1 aliphatic heterocycles. The van der Waals surface area contributed by atoms with Crippen LogP contribution in [0.25, 0.3) is 0 Å². The Hall–Kier alpha value is -1.11. The minimum Gasteiger partial charge on any atom is -0.352 e. The summed E-state index contributed by atoms with van der Waals surface area (Å²) in [7, 11) is -2.97. The van der Waals surface area contributed by atoms with Crippen LogP contribution in [0.5, 0.6) is 0 Å². The van der Waals surface area contributed by atoms with Crippen molar-refractivity contribution in [1.82, 2.24) is 10.2 Å². The van der Waals surface area contributed by atoms with Crippen LogP contribution in [0.15, 0.2) is 0 Å². The van der Waals surface area contributed by atoms with Crippen LogP contribution >= 0.6 is 0 Å². The third-order valence-electron chi connectivity index (χ3n) is 3.15. The lowest BCUT2D eigenvalue weighted by molar-refractivity contribution is -0.129. The number of carbonyl (C=O) groups excluding carboxylic acids is 2. The summed E-state index contributed by atoms with van der Waals surface area (Å²) in [4.78, 5) is 24.6. The summed E-state index contributed by atoms with van der Waals surface area (Å²) in [6.45, 7) is 4.48. The van der Waals surface area contributed by atoms with Crippen molar-refractivity contribution in [2.24, 2.45) is 0 Å². The summed E-state index contributed by atoms with van der Waals surface area (Å²) in [5, 5.41) is 2.71. The molecular weight excluding hydrogens is 268 g/mol. The van der Waals surface area contributed by atoms with Gasteiger partial charge in [-0.05, 0) is 12.8 Å². The second-order valence-electron chi connectivity index (χ2n) is 4.92. The fourth-order valence-corrected chi connectivity index (χ4v) is 3.82. The van der Waals surface area contributed by atoms with E-state index in [1.807, 2.05) is 6.92 Å². The minimum atomic E-state index is -2.97. The Labute approximate surface area is 114 Å². The standard InChI is InChI=1S/C12H22N2O4S/c1-3-6-14(10(2)15)7-4-12(16)13-11-5-8-19(17,18)9-11/h11H,3-9H2,1-2H3,(H,13,16). The quantitative estimate of drug-likeness (QED) is 0.743. The largest absolute Gasteiger partial charge is 0.352 e. The van der Waals surface area contributed by atoms with Crippen LogP contribution in [0.1, 0.15) is 33.1 Å². The van der Waals surface area contributed by atoms with E-state index in [1.54, 1.807) is 4.90 Å². The lowest BCUT2D eigenvalue weighted by atomic mass is 10.2. The van der Waals surface area contributed by atoms with E-state index in [2.05, 4.69) is 5.32 Å². The van der Waals surface area contributed by atoms with Gasteiger partial charge >= 0.3 is 0 Å². The molecule has 0 bridgehead atoms. The Morgan fingerprint density at radius 1 is 1.32 bits per heavy atom. The molecule has 19 heavy (non-hydrogen) atoms. The van der Waals surface area contributed by atoms with Crippen LogP contribution in [0, 0.1) is 0 Å². The highest BCUT2D eigenvalue weighted by Gasteiger charge is 2.28. The molecule has 1 unspecified atom stereocenters. The van der Waals surface area contributed by atoms with Crippen LogP contribution in [-0.2, 0) is 19.4 Å². The fourth-order valence-electron chi connectivity index (χ4n) is 2.14. The van der Waals surface area contributed by atoms with E-state index in [9.17, 15) is 18.0 Å².